The minimum atomic E-state index is -5.24. The first kappa shape index (κ1) is 37.2. The third-order valence-electron chi connectivity index (χ3n) is 7.03. The molecule has 0 spiro atoms. The Morgan fingerprint density at radius 3 is 1.85 bits per heavy atom. The first-order valence-electron chi connectivity index (χ1n) is 14.7. The van der Waals surface area contributed by atoms with Crippen molar-refractivity contribution in [3.63, 3.8) is 0 Å². The number of hydrazine groups is 1. The van der Waals surface area contributed by atoms with E-state index in [0.717, 1.165) is 27.8 Å². The van der Waals surface area contributed by atoms with Crippen LogP contribution >= 0.6 is 7.82 Å². The number of hydrogen-bond acceptors (Lipinski definition) is 8. The zero-order valence-electron chi connectivity index (χ0n) is 27.5. The molecular weight excluding hydrogens is 637 g/mol. The molecule has 1 aliphatic carbocycles. The lowest BCUT2D eigenvalue weighted by atomic mass is 9.93. The van der Waals surface area contributed by atoms with Gasteiger partial charge >= 0.3 is 19.9 Å². The fourth-order valence-electron chi connectivity index (χ4n) is 5.07. The Kier molecular flexibility index (Phi) is 11.2. The average Bonchev–Trinajstić information content (AvgIpc) is 2.91. The summed E-state index contributed by atoms with van der Waals surface area (Å²) < 4.78 is 48.7. The van der Waals surface area contributed by atoms with Crippen molar-refractivity contribution in [3.05, 3.63) is 60.7 Å². The number of carbonyl (C=O) groups excluding carboxylic acids is 2. The van der Waals surface area contributed by atoms with Crippen molar-refractivity contribution >= 4 is 41.3 Å². The number of hydroxylamine groups is 2. The minimum Gasteiger partial charge on any atom is -0.341 e. The van der Waals surface area contributed by atoms with Crippen LogP contribution in [0.3, 0.4) is 0 Å². The number of nitrogens with one attached hydrogen (secondary N) is 3. The number of amides is 4. The molecule has 2 aromatic rings. The second-order valence-corrected chi connectivity index (χ2v) is 15.9. The summed E-state index contributed by atoms with van der Waals surface area (Å²) in [5, 5.41) is 7.57. The van der Waals surface area contributed by atoms with Gasteiger partial charge in [0.25, 0.3) is 15.1 Å². The highest BCUT2D eigenvalue weighted by Gasteiger charge is 2.62. The van der Waals surface area contributed by atoms with Crippen molar-refractivity contribution in [3.8, 4) is 0 Å². The number of anilines is 2. The zero-order valence-corrected chi connectivity index (χ0v) is 29.2. The summed E-state index contributed by atoms with van der Waals surface area (Å²) in [5.41, 5.74) is -2.21. The molecule has 0 aromatic heterocycles. The smallest absolute Gasteiger partial charge is 0.341 e. The van der Waals surface area contributed by atoms with Crippen molar-refractivity contribution < 1.29 is 37.0 Å². The third-order valence-corrected chi connectivity index (χ3v) is 9.80. The van der Waals surface area contributed by atoms with Crippen LogP contribution in [0.5, 0.6) is 0 Å². The Morgan fingerprint density at radius 1 is 0.913 bits per heavy atom. The van der Waals surface area contributed by atoms with Crippen molar-refractivity contribution in [1.29, 1.82) is 0 Å². The Morgan fingerprint density at radius 2 is 1.43 bits per heavy atom. The first-order valence-corrected chi connectivity index (χ1v) is 17.7. The molecule has 0 radical (unpaired) electrons. The molecular formula is C29H46N7O8PS. The van der Waals surface area contributed by atoms with E-state index < -0.39 is 46.1 Å². The van der Waals surface area contributed by atoms with E-state index in [1.54, 1.807) is 90.1 Å². The molecule has 1 aliphatic rings. The standard InChI is InChI=1S/C29H46N7O8PS/c1-27(2,3)35(25(37)30-7)29(32-23-18-15-19-23,31-22-16-11-9-12-17-22)46(42,43)36(28(4,5)6)34(24-20-13-10-14-21-24)26(38)33(8)44-45(39,40)41/h9-14,16-17,20-21,23,31-32H,15,18-19H2,1-8H3,(H,30,37)(H2,39,40,41). The number of urea groups is 2. The van der Waals surface area contributed by atoms with Crippen LogP contribution in [0.25, 0.3) is 0 Å². The van der Waals surface area contributed by atoms with E-state index in [0.29, 0.717) is 18.5 Å². The molecule has 2 aromatic carbocycles. The van der Waals surface area contributed by atoms with Crippen LogP contribution in [0.2, 0.25) is 0 Å². The molecule has 17 heteroatoms. The van der Waals surface area contributed by atoms with Gasteiger partial charge in [-0.15, -0.1) is 0 Å². The number of hydrogen-bond donors (Lipinski definition) is 5. The van der Waals surface area contributed by atoms with Gasteiger partial charge in [0.2, 0.25) is 0 Å². The highest BCUT2D eigenvalue weighted by Crippen LogP contribution is 2.41. The first-order chi connectivity index (χ1) is 21.2. The molecule has 1 saturated carbocycles. The van der Waals surface area contributed by atoms with Crippen LogP contribution in [0.4, 0.5) is 21.0 Å². The molecule has 15 nitrogen and oxygen atoms in total. The summed E-state index contributed by atoms with van der Waals surface area (Å²) in [7, 11) is -7.95. The van der Waals surface area contributed by atoms with E-state index in [1.165, 1.54) is 19.2 Å². The summed E-state index contributed by atoms with van der Waals surface area (Å²) in [6.45, 7) is 9.71. The summed E-state index contributed by atoms with van der Waals surface area (Å²) >= 11 is 0. The Balaban J connectivity index is 2.47. The van der Waals surface area contributed by atoms with Gasteiger partial charge in [-0.1, -0.05) is 47.2 Å². The van der Waals surface area contributed by atoms with Crippen molar-refractivity contribution in [2.75, 3.05) is 24.4 Å². The third kappa shape index (κ3) is 8.18. The lowest BCUT2D eigenvalue weighted by molar-refractivity contribution is -0.0189. The van der Waals surface area contributed by atoms with Crippen molar-refractivity contribution in [2.45, 2.75) is 83.0 Å². The minimum absolute atomic E-state index is 0.0340. The normalized spacial score (nSPS) is 15.8. The van der Waals surface area contributed by atoms with Gasteiger partial charge in [-0.05, 0) is 78.6 Å². The predicted octanol–water partition coefficient (Wildman–Crippen LogP) is 4.22. The van der Waals surface area contributed by atoms with E-state index >= 15 is 8.42 Å². The molecule has 256 valence electrons. The van der Waals surface area contributed by atoms with Gasteiger partial charge < -0.3 is 20.4 Å². The summed E-state index contributed by atoms with van der Waals surface area (Å²) in [6.07, 6.45) is 2.07. The molecule has 1 fully saturated rings. The number of para-hydroxylation sites is 2. The van der Waals surface area contributed by atoms with Crippen LogP contribution in [-0.2, 0) is 19.2 Å². The molecule has 0 heterocycles. The maximum Gasteiger partial charge on any atom is 0.491 e. The summed E-state index contributed by atoms with van der Waals surface area (Å²) in [4.78, 5) is 48.2. The number of sulfonamides is 1. The second kappa shape index (κ2) is 13.9. The van der Waals surface area contributed by atoms with Crippen LogP contribution in [0.1, 0.15) is 60.8 Å². The van der Waals surface area contributed by atoms with E-state index in [9.17, 15) is 23.9 Å². The summed E-state index contributed by atoms with van der Waals surface area (Å²) in [5.74, 6) is 0. The molecule has 46 heavy (non-hydrogen) atoms. The molecule has 4 amide bonds. The SMILES string of the molecule is CNC(=O)N(C(C)(C)C)C(Nc1ccccc1)(NC1CCC1)S(=O)(=O)N(N(C(=O)N(C)OP(=O)(O)O)c1ccccc1)C(C)(C)C. The molecule has 3 rings (SSSR count). The number of nitrogens with zero attached hydrogens (tertiary/aromatic N) is 4. The number of benzene rings is 2. The highest BCUT2D eigenvalue weighted by molar-refractivity contribution is 7.90. The lowest BCUT2D eigenvalue weighted by Gasteiger charge is -2.55. The van der Waals surface area contributed by atoms with Crippen LogP contribution in [0, 0.1) is 0 Å². The van der Waals surface area contributed by atoms with E-state index in [1.807, 2.05) is 0 Å². The average molecular weight is 684 g/mol. The van der Waals surface area contributed by atoms with Gasteiger partial charge in [-0.2, -0.15) is 9.69 Å². The number of carbonyl (C=O) groups is 2. The van der Waals surface area contributed by atoms with Gasteiger partial charge in [-0.25, -0.2) is 27.6 Å². The fourth-order valence-corrected chi connectivity index (χ4v) is 7.96. The fraction of sp³-hybridized carbons (Fsp3) is 0.517. The van der Waals surface area contributed by atoms with Crippen molar-refractivity contribution in [1.82, 2.24) is 25.0 Å². The van der Waals surface area contributed by atoms with Gasteiger partial charge in [0, 0.05) is 36.9 Å². The highest BCUT2D eigenvalue weighted by atomic mass is 32.2. The maximum atomic E-state index is 15.8. The quantitative estimate of drug-likeness (QED) is 0.131. The Bertz CT molecular complexity index is 1510. The molecule has 0 aliphatic heterocycles. The number of rotatable bonds is 11. The van der Waals surface area contributed by atoms with E-state index in [4.69, 9.17) is 0 Å². The van der Waals surface area contributed by atoms with E-state index in [-0.39, 0.29) is 16.8 Å². The maximum absolute atomic E-state index is 15.8. The van der Waals surface area contributed by atoms with Gasteiger partial charge in [-0.3, -0.25) is 10.2 Å². The number of phosphoric acid groups is 1. The molecule has 5 N–H and O–H groups in total. The van der Waals surface area contributed by atoms with Crippen LogP contribution in [-0.4, -0.2) is 81.0 Å². The van der Waals surface area contributed by atoms with Gasteiger partial charge in [0.05, 0.1) is 5.69 Å². The second-order valence-electron chi connectivity index (χ2n) is 12.9. The Labute approximate surface area is 271 Å². The topological polar surface area (TPSA) is 184 Å². The van der Waals surface area contributed by atoms with Crippen molar-refractivity contribution in [2.24, 2.45) is 0 Å². The van der Waals surface area contributed by atoms with Crippen LogP contribution in [0.15, 0.2) is 60.7 Å². The summed E-state index contributed by atoms with van der Waals surface area (Å²) in [6, 6.07) is 13.9. The molecule has 0 saturated heterocycles. The molecule has 0 bridgehead atoms. The molecule has 1 atom stereocenters. The monoisotopic (exact) mass is 683 g/mol. The lowest BCUT2D eigenvalue weighted by Crippen LogP contribution is -2.80. The van der Waals surface area contributed by atoms with Gasteiger partial charge in [0.15, 0.2) is 0 Å². The molecule has 1 unspecified atom stereocenters. The zero-order chi connectivity index (χ0) is 34.7. The predicted molar refractivity (Wildman–Crippen MR) is 175 cm³/mol. The Hall–Kier alpha value is -3.24. The largest absolute Gasteiger partial charge is 0.491 e. The van der Waals surface area contributed by atoms with Crippen LogP contribution < -0.4 is 21.0 Å². The van der Waals surface area contributed by atoms with Gasteiger partial charge in [0.1, 0.15) is 0 Å². The van der Waals surface area contributed by atoms with E-state index in [2.05, 4.69) is 20.6 Å².